The van der Waals surface area contributed by atoms with Crippen LogP contribution in [0.1, 0.15) is 5.56 Å². The van der Waals surface area contributed by atoms with E-state index in [-0.39, 0.29) is 17.9 Å². The Kier molecular flexibility index (Phi) is 4.53. The molecule has 2 N–H and O–H groups in total. The third-order valence-corrected chi connectivity index (χ3v) is 3.82. The van der Waals surface area contributed by atoms with E-state index in [4.69, 9.17) is 14.7 Å². The van der Waals surface area contributed by atoms with Gasteiger partial charge < -0.3 is 14.4 Å². The van der Waals surface area contributed by atoms with E-state index in [1.54, 1.807) is 24.3 Å². The molecule has 1 heterocycles. The number of carbonyl (C=O) groups excluding carboxylic acids is 2. The highest BCUT2D eigenvalue weighted by atomic mass is 19.1. The van der Waals surface area contributed by atoms with Crippen LogP contribution in [-0.2, 0) is 16.1 Å². The van der Waals surface area contributed by atoms with Crippen molar-refractivity contribution in [3.05, 3.63) is 53.8 Å². The summed E-state index contributed by atoms with van der Waals surface area (Å²) in [6.45, 7) is -0.128. The first-order chi connectivity index (χ1) is 12.0. The minimum atomic E-state index is -1.56. The quantitative estimate of drug-likeness (QED) is 0.499. The highest BCUT2D eigenvalue weighted by molar-refractivity contribution is 6.12. The molecule has 25 heavy (non-hydrogen) atoms. The third kappa shape index (κ3) is 3.11. The molecule has 130 valence electrons. The number of amides is 2. The molecule has 1 atom stereocenters. The van der Waals surface area contributed by atoms with Crippen molar-refractivity contribution in [3.63, 3.8) is 0 Å². The number of carbonyl (C=O) groups is 2. The Morgan fingerprint density at radius 3 is 2.84 bits per heavy atom. The van der Waals surface area contributed by atoms with Gasteiger partial charge in [0.2, 0.25) is 0 Å². The van der Waals surface area contributed by atoms with E-state index in [1.165, 1.54) is 35.7 Å². The normalized spacial score (nSPS) is 16.0. The molecule has 0 saturated carbocycles. The third-order valence-electron chi connectivity index (χ3n) is 3.82. The highest BCUT2D eigenvalue weighted by Gasteiger charge is 2.39. The molecule has 7 nitrogen and oxygen atoms in total. The van der Waals surface area contributed by atoms with Gasteiger partial charge in [0, 0.05) is 5.56 Å². The maximum Gasteiger partial charge on any atom is 0.294 e. The molecule has 0 aromatic heterocycles. The van der Waals surface area contributed by atoms with E-state index in [9.17, 15) is 14.0 Å². The van der Waals surface area contributed by atoms with Crippen LogP contribution in [0, 0.1) is 5.82 Å². The van der Waals surface area contributed by atoms with Crippen LogP contribution in [0.2, 0.25) is 0 Å². The molecule has 8 heteroatoms. The summed E-state index contributed by atoms with van der Waals surface area (Å²) in [5.74, 6) is -1.52. The minimum absolute atomic E-state index is 0.128. The van der Waals surface area contributed by atoms with Crippen LogP contribution in [0.15, 0.2) is 42.5 Å². The first-order valence-corrected chi connectivity index (χ1v) is 7.38. The van der Waals surface area contributed by atoms with Gasteiger partial charge in [-0.15, -0.1) is 0 Å². The average Bonchev–Trinajstić information content (AvgIpc) is 2.64. The van der Waals surface area contributed by atoms with Crippen LogP contribution < -0.4 is 19.9 Å². The van der Waals surface area contributed by atoms with E-state index in [0.717, 1.165) is 0 Å². The molecule has 0 radical (unpaired) electrons. The SMILES string of the molecule is COc1ccc(F)c(CN2C(=O)C(C(=O)NO)Oc3ccccc32)c1. The minimum Gasteiger partial charge on any atom is -0.497 e. The van der Waals surface area contributed by atoms with Gasteiger partial charge in [-0.05, 0) is 30.3 Å². The second kappa shape index (κ2) is 6.78. The number of hydrogen-bond donors (Lipinski definition) is 2. The summed E-state index contributed by atoms with van der Waals surface area (Å²) < 4.78 is 24.6. The monoisotopic (exact) mass is 346 g/mol. The molecule has 2 aromatic rings. The summed E-state index contributed by atoms with van der Waals surface area (Å²) in [6.07, 6.45) is -1.56. The topological polar surface area (TPSA) is 88.1 Å². The maximum atomic E-state index is 14.1. The van der Waals surface area contributed by atoms with Gasteiger partial charge >= 0.3 is 0 Å². The second-order valence-corrected chi connectivity index (χ2v) is 5.32. The van der Waals surface area contributed by atoms with Crippen LogP contribution in [-0.4, -0.2) is 30.2 Å². The fourth-order valence-corrected chi connectivity index (χ4v) is 2.57. The van der Waals surface area contributed by atoms with Crippen molar-refractivity contribution in [1.29, 1.82) is 0 Å². The van der Waals surface area contributed by atoms with Crippen LogP contribution >= 0.6 is 0 Å². The molecule has 0 aliphatic carbocycles. The summed E-state index contributed by atoms with van der Waals surface area (Å²) in [4.78, 5) is 25.6. The molecule has 2 amide bonds. The zero-order valence-corrected chi connectivity index (χ0v) is 13.2. The molecule has 0 saturated heterocycles. The van der Waals surface area contributed by atoms with Crippen molar-refractivity contribution in [2.45, 2.75) is 12.6 Å². The van der Waals surface area contributed by atoms with Crippen molar-refractivity contribution < 1.29 is 28.7 Å². The Morgan fingerprint density at radius 1 is 1.36 bits per heavy atom. The number of hydrogen-bond acceptors (Lipinski definition) is 5. The fourth-order valence-electron chi connectivity index (χ4n) is 2.57. The van der Waals surface area contributed by atoms with E-state index in [0.29, 0.717) is 11.4 Å². The summed E-state index contributed by atoms with van der Waals surface area (Å²) in [5, 5.41) is 8.81. The number of hydroxylamine groups is 1. The molecule has 0 fully saturated rings. The van der Waals surface area contributed by atoms with Gasteiger partial charge in [-0.2, -0.15) is 0 Å². The lowest BCUT2D eigenvalue weighted by Crippen LogP contribution is -2.52. The summed E-state index contributed by atoms with van der Waals surface area (Å²) >= 11 is 0. The van der Waals surface area contributed by atoms with Gasteiger partial charge in [-0.1, -0.05) is 12.1 Å². The molecule has 0 spiro atoms. The number of fused-ring (bicyclic) bond motifs is 1. The zero-order valence-electron chi connectivity index (χ0n) is 13.2. The number of nitrogens with one attached hydrogen (secondary N) is 1. The number of rotatable bonds is 4. The Bertz CT molecular complexity index is 826. The van der Waals surface area contributed by atoms with Crippen molar-refractivity contribution in [3.8, 4) is 11.5 Å². The second-order valence-electron chi connectivity index (χ2n) is 5.32. The number of halogens is 1. The predicted molar refractivity (Wildman–Crippen MR) is 84.9 cm³/mol. The van der Waals surface area contributed by atoms with Gasteiger partial charge in [-0.25, -0.2) is 9.87 Å². The number of para-hydroxylation sites is 2. The van der Waals surface area contributed by atoms with Crippen molar-refractivity contribution in [2.24, 2.45) is 0 Å². The Hall–Kier alpha value is -3.13. The standard InChI is InChI=1S/C17H15FN2O5/c1-24-11-6-7-12(18)10(8-11)9-20-13-4-2-3-5-14(13)25-15(17(20)22)16(21)19-23/h2-8,15,23H,9H2,1H3,(H,19,21). The molecular formula is C17H15FN2O5. The van der Waals surface area contributed by atoms with Gasteiger partial charge in [0.15, 0.2) is 0 Å². The Morgan fingerprint density at radius 2 is 2.12 bits per heavy atom. The molecule has 2 aromatic carbocycles. The van der Waals surface area contributed by atoms with E-state index >= 15 is 0 Å². The summed E-state index contributed by atoms with van der Waals surface area (Å²) in [7, 11) is 1.45. The number of anilines is 1. The lowest BCUT2D eigenvalue weighted by Gasteiger charge is -2.33. The van der Waals surface area contributed by atoms with Crippen molar-refractivity contribution in [2.75, 3.05) is 12.0 Å². The molecule has 1 unspecified atom stereocenters. The average molecular weight is 346 g/mol. The Balaban J connectivity index is 2.01. The molecular weight excluding hydrogens is 331 g/mol. The lowest BCUT2D eigenvalue weighted by molar-refractivity contribution is -0.144. The van der Waals surface area contributed by atoms with Gasteiger partial charge in [0.25, 0.3) is 17.9 Å². The molecule has 1 aliphatic heterocycles. The first-order valence-electron chi connectivity index (χ1n) is 7.38. The van der Waals surface area contributed by atoms with E-state index in [1.807, 2.05) is 0 Å². The number of methoxy groups -OCH3 is 1. The van der Waals surface area contributed by atoms with Crippen LogP contribution in [0.3, 0.4) is 0 Å². The predicted octanol–water partition coefficient (Wildman–Crippen LogP) is 1.63. The van der Waals surface area contributed by atoms with Crippen LogP contribution in [0.4, 0.5) is 10.1 Å². The van der Waals surface area contributed by atoms with Gasteiger partial charge in [0.05, 0.1) is 19.3 Å². The number of ether oxygens (including phenoxy) is 2. The van der Waals surface area contributed by atoms with Gasteiger partial charge in [0.1, 0.15) is 17.3 Å². The van der Waals surface area contributed by atoms with Crippen molar-refractivity contribution in [1.82, 2.24) is 5.48 Å². The van der Waals surface area contributed by atoms with Crippen LogP contribution in [0.5, 0.6) is 11.5 Å². The van der Waals surface area contributed by atoms with E-state index in [2.05, 4.69) is 0 Å². The smallest absolute Gasteiger partial charge is 0.294 e. The highest BCUT2D eigenvalue weighted by Crippen LogP contribution is 2.35. The lowest BCUT2D eigenvalue weighted by atomic mass is 10.1. The van der Waals surface area contributed by atoms with Gasteiger partial charge in [-0.3, -0.25) is 14.8 Å². The first kappa shape index (κ1) is 16.7. The fraction of sp³-hybridized carbons (Fsp3) is 0.176. The number of benzene rings is 2. The number of nitrogens with zero attached hydrogens (tertiary/aromatic N) is 1. The molecule has 1 aliphatic rings. The Labute approximate surface area is 142 Å². The zero-order chi connectivity index (χ0) is 18.0. The maximum absolute atomic E-state index is 14.1. The molecule has 0 bridgehead atoms. The largest absolute Gasteiger partial charge is 0.497 e. The summed E-state index contributed by atoms with van der Waals surface area (Å²) in [5.41, 5.74) is 2.02. The summed E-state index contributed by atoms with van der Waals surface area (Å²) in [6, 6.07) is 10.7. The van der Waals surface area contributed by atoms with E-state index < -0.39 is 23.7 Å². The van der Waals surface area contributed by atoms with Crippen LogP contribution in [0.25, 0.3) is 0 Å². The molecule has 3 rings (SSSR count). The van der Waals surface area contributed by atoms with Crippen molar-refractivity contribution >= 4 is 17.5 Å².